The Morgan fingerprint density at radius 3 is 2.32 bits per heavy atom. The van der Waals surface area contributed by atoms with Gasteiger partial charge in [-0.25, -0.2) is 8.42 Å². The fraction of sp³-hybridized carbons (Fsp3) is 0.481. The SMILES string of the molecule is CCC(C(=O)NC(C)C)N(Cc1ccc(Cl)cc1)C(=O)CCCN(c1ccc2c(c1)OCCO2)S(C)(=O)=O. The highest BCUT2D eigenvalue weighted by Gasteiger charge is 2.29. The van der Waals surface area contributed by atoms with Crippen LogP contribution in [0.2, 0.25) is 5.02 Å². The van der Waals surface area contributed by atoms with Crippen LogP contribution in [0.5, 0.6) is 11.5 Å². The molecule has 0 saturated carbocycles. The van der Waals surface area contributed by atoms with Crippen LogP contribution >= 0.6 is 11.6 Å². The quantitative estimate of drug-likeness (QED) is 0.417. The van der Waals surface area contributed by atoms with Crippen molar-refractivity contribution in [2.24, 2.45) is 0 Å². The van der Waals surface area contributed by atoms with Gasteiger partial charge in [0, 0.05) is 36.6 Å². The summed E-state index contributed by atoms with van der Waals surface area (Å²) in [4.78, 5) is 28.0. The number of nitrogens with zero attached hydrogens (tertiary/aromatic N) is 2. The number of carbonyl (C=O) groups excluding carboxylic acids is 2. The Bertz CT molecular complexity index is 1220. The van der Waals surface area contributed by atoms with Gasteiger partial charge in [0.15, 0.2) is 11.5 Å². The molecule has 1 atom stereocenters. The van der Waals surface area contributed by atoms with Crippen molar-refractivity contribution >= 4 is 39.1 Å². The van der Waals surface area contributed by atoms with Gasteiger partial charge >= 0.3 is 0 Å². The highest BCUT2D eigenvalue weighted by molar-refractivity contribution is 7.92. The van der Waals surface area contributed by atoms with Crippen molar-refractivity contribution in [1.82, 2.24) is 10.2 Å². The first kappa shape index (κ1) is 29.6. The van der Waals surface area contributed by atoms with E-state index in [1.165, 1.54) is 4.31 Å². The average molecular weight is 566 g/mol. The normalized spacial score (nSPS) is 13.6. The van der Waals surface area contributed by atoms with Crippen LogP contribution in [0.3, 0.4) is 0 Å². The maximum atomic E-state index is 13.5. The molecular formula is C27H36ClN3O6S. The Balaban J connectivity index is 1.76. The van der Waals surface area contributed by atoms with Crippen molar-refractivity contribution in [2.75, 3.05) is 30.3 Å². The summed E-state index contributed by atoms with van der Waals surface area (Å²) in [6, 6.07) is 11.4. The number of hydrogen-bond acceptors (Lipinski definition) is 6. The molecule has 0 fully saturated rings. The van der Waals surface area contributed by atoms with Crippen LogP contribution < -0.4 is 19.1 Å². The predicted molar refractivity (Wildman–Crippen MR) is 148 cm³/mol. The molecule has 2 aromatic carbocycles. The van der Waals surface area contributed by atoms with E-state index < -0.39 is 16.1 Å². The van der Waals surface area contributed by atoms with Crippen LogP contribution in [0.4, 0.5) is 5.69 Å². The summed E-state index contributed by atoms with van der Waals surface area (Å²) in [6.45, 7) is 6.74. The minimum atomic E-state index is -3.63. The van der Waals surface area contributed by atoms with Gasteiger partial charge in [0.05, 0.1) is 11.9 Å². The number of nitrogens with one attached hydrogen (secondary N) is 1. The fourth-order valence-electron chi connectivity index (χ4n) is 4.28. The van der Waals surface area contributed by atoms with Crippen LogP contribution in [0, 0.1) is 0 Å². The second-order valence-electron chi connectivity index (χ2n) is 9.50. The Hall–Kier alpha value is -2.98. The molecule has 208 valence electrons. The highest BCUT2D eigenvalue weighted by atomic mass is 35.5. The van der Waals surface area contributed by atoms with Crippen LogP contribution in [-0.2, 0) is 26.2 Å². The third-order valence-electron chi connectivity index (χ3n) is 6.05. The van der Waals surface area contributed by atoms with E-state index in [0.29, 0.717) is 41.8 Å². The van der Waals surface area contributed by atoms with Crippen molar-refractivity contribution in [2.45, 2.75) is 58.7 Å². The maximum Gasteiger partial charge on any atom is 0.243 e. The molecule has 9 nitrogen and oxygen atoms in total. The number of sulfonamides is 1. The van der Waals surface area contributed by atoms with Crippen LogP contribution in [0.1, 0.15) is 45.6 Å². The molecule has 11 heteroatoms. The molecule has 38 heavy (non-hydrogen) atoms. The topological polar surface area (TPSA) is 105 Å². The Labute approximate surface area is 230 Å². The molecule has 1 aliphatic rings. The minimum Gasteiger partial charge on any atom is -0.486 e. The summed E-state index contributed by atoms with van der Waals surface area (Å²) < 4.78 is 37.6. The first-order chi connectivity index (χ1) is 18.0. The number of amides is 2. The van der Waals surface area contributed by atoms with E-state index in [4.69, 9.17) is 21.1 Å². The molecule has 1 N–H and O–H groups in total. The van der Waals surface area contributed by atoms with Gasteiger partial charge in [-0.3, -0.25) is 13.9 Å². The molecule has 0 aliphatic carbocycles. The summed E-state index contributed by atoms with van der Waals surface area (Å²) in [7, 11) is -3.63. The van der Waals surface area contributed by atoms with Crippen molar-refractivity contribution in [3.05, 3.63) is 53.1 Å². The smallest absolute Gasteiger partial charge is 0.243 e. The number of hydrogen-bond donors (Lipinski definition) is 1. The second-order valence-corrected chi connectivity index (χ2v) is 11.8. The number of benzene rings is 2. The summed E-state index contributed by atoms with van der Waals surface area (Å²) in [5, 5.41) is 3.48. The minimum absolute atomic E-state index is 0.0651. The molecule has 1 unspecified atom stereocenters. The highest BCUT2D eigenvalue weighted by Crippen LogP contribution is 2.34. The predicted octanol–water partition coefficient (Wildman–Crippen LogP) is 3.99. The molecule has 0 bridgehead atoms. The number of halogens is 1. The number of fused-ring (bicyclic) bond motifs is 1. The zero-order valence-corrected chi connectivity index (χ0v) is 23.8. The van der Waals surface area contributed by atoms with E-state index >= 15 is 0 Å². The lowest BCUT2D eigenvalue weighted by Crippen LogP contribution is -2.50. The molecule has 1 heterocycles. The van der Waals surface area contributed by atoms with Crippen LogP contribution in [0.25, 0.3) is 0 Å². The lowest BCUT2D eigenvalue weighted by Gasteiger charge is -2.31. The van der Waals surface area contributed by atoms with E-state index in [1.807, 2.05) is 32.9 Å². The number of carbonyl (C=O) groups is 2. The van der Waals surface area contributed by atoms with Gasteiger partial charge in [0.1, 0.15) is 19.3 Å². The van der Waals surface area contributed by atoms with E-state index in [2.05, 4.69) is 5.32 Å². The van der Waals surface area contributed by atoms with E-state index in [1.54, 1.807) is 35.2 Å². The summed E-state index contributed by atoms with van der Waals surface area (Å²) >= 11 is 6.02. The molecule has 2 aromatic rings. The van der Waals surface area contributed by atoms with Gasteiger partial charge in [0.25, 0.3) is 0 Å². The fourth-order valence-corrected chi connectivity index (χ4v) is 5.36. The Kier molecular flexibility index (Phi) is 10.3. The lowest BCUT2D eigenvalue weighted by atomic mass is 10.1. The molecule has 0 saturated heterocycles. The van der Waals surface area contributed by atoms with E-state index in [9.17, 15) is 18.0 Å². The summed E-state index contributed by atoms with van der Waals surface area (Å²) in [5.41, 5.74) is 1.28. The summed E-state index contributed by atoms with van der Waals surface area (Å²) in [5.74, 6) is 0.585. The largest absolute Gasteiger partial charge is 0.486 e. The van der Waals surface area contributed by atoms with E-state index in [-0.39, 0.29) is 43.8 Å². The van der Waals surface area contributed by atoms with Gasteiger partial charge in [-0.2, -0.15) is 0 Å². The van der Waals surface area contributed by atoms with Gasteiger partial charge in [-0.1, -0.05) is 30.7 Å². The molecule has 0 radical (unpaired) electrons. The average Bonchev–Trinajstić information content (AvgIpc) is 2.86. The van der Waals surface area contributed by atoms with Gasteiger partial charge < -0.3 is 19.7 Å². The van der Waals surface area contributed by atoms with Crippen LogP contribution in [0.15, 0.2) is 42.5 Å². The third kappa shape index (κ3) is 8.01. The first-order valence-electron chi connectivity index (χ1n) is 12.7. The molecule has 2 amide bonds. The third-order valence-corrected chi connectivity index (χ3v) is 7.49. The number of ether oxygens (including phenoxy) is 2. The number of anilines is 1. The number of rotatable bonds is 12. The van der Waals surface area contributed by atoms with Gasteiger partial charge in [0.2, 0.25) is 21.8 Å². The van der Waals surface area contributed by atoms with Crippen molar-refractivity contribution < 1.29 is 27.5 Å². The Morgan fingerprint density at radius 2 is 1.71 bits per heavy atom. The van der Waals surface area contributed by atoms with Gasteiger partial charge in [-0.05, 0) is 56.5 Å². The molecule has 0 aromatic heterocycles. The van der Waals surface area contributed by atoms with Crippen molar-refractivity contribution in [3.63, 3.8) is 0 Å². The Morgan fingerprint density at radius 1 is 1.05 bits per heavy atom. The monoisotopic (exact) mass is 565 g/mol. The first-order valence-corrected chi connectivity index (χ1v) is 14.9. The zero-order chi connectivity index (χ0) is 27.9. The van der Waals surface area contributed by atoms with Gasteiger partial charge in [-0.15, -0.1) is 0 Å². The van der Waals surface area contributed by atoms with Crippen molar-refractivity contribution in [1.29, 1.82) is 0 Å². The molecular weight excluding hydrogens is 530 g/mol. The standard InChI is InChI=1S/C27H36ClN3O6S/c1-5-23(27(33)29-19(2)3)30(18-20-8-10-21(28)11-9-20)26(32)7-6-14-31(38(4,34)35)22-12-13-24-25(17-22)37-16-15-36-24/h8-13,17,19,23H,5-7,14-16,18H2,1-4H3,(H,29,33). The van der Waals surface area contributed by atoms with Crippen LogP contribution in [-0.4, -0.2) is 63.2 Å². The lowest BCUT2D eigenvalue weighted by molar-refractivity contribution is -0.141. The zero-order valence-electron chi connectivity index (χ0n) is 22.3. The van der Waals surface area contributed by atoms with Crippen molar-refractivity contribution in [3.8, 4) is 11.5 Å². The van der Waals surface area contributed by atoms with E-state index in [0.717, 1.165) is 11.8 Å². The molecule has 3 rings (SSSR count). The second kappa shape index (κ2) is 13.2. The molecule has 1 aliphatic heterocycles. The molecule has 0 spiro atoms. The maximum absolute atomic E-state index is 13.5. The summed E-state index contributed by atoms with van der Waals surface area (Å²) in [6.07, 6.45) is 1.89.